The van der Waals surface area contributed by atoms with E-state index in [9.17, 15) is 18.0 Å². The number of hydrogen-bond acceptors (Lipinski definition) is 5. The Morgan fingerprint density at radius 2 is 1.86 bits per heavy atom. The molecule has 1 aromatic rings. The molecule has 0 radical (unpaired) electrons. The van der Waals surface area contributed by atoms with E-state index in [4.69, 9.17) is 9.88 Å². The van der Waals surface area contributed by atoms with Gasteiger partial charge in [-0.3, -0.25) is 9.59 Å². The number of esters is 1. The van der Waals surface area contributed by atoms with Gasteiger partial charge in [0.1, 0.15) is 0 Å². The van der Waals surface area contributed by atoms with Gasteiger partial charge in [-0.05, 0) is 44.0 Å². The van der Waals surface area contributed by atoms with E-state index in [2.05, 4.69) is 5.32 Å². The number of ether oxygens (including phenoxy) is 1. The maximum absolute atomic E-state index is 11.8. The summed E-state index contributed by atoms with van der Waals surface area (Å²) in [6, 6.07) is 5.39. The van der Waals surface area contributed by atoms with Gasteiger partial charge in [0, 0.05) is 5.69 Å². The molecule has 0 unspecified atom stereocenters. The summed E-state index contributed by atoms with van der Waals surface area (Å²) in [6.45, 7) is 1.48. The minimum absolute atomic E-state index is 0.0475. The average Bonchev–Trinajstić information content (AvgIpc) is 3.22. The Labute approximate surface area is 122 Å². The number of sulfonamides is 1. The first kappa shape index (κ1) is 15.5. The van der Waals surface area contributed by atoms with Crippen LogP contribution in [0.25, 0.3) is 0 Å². The molecule has 1 fully saturated rings. The maximum atomic E-state index is 11.8. The fourth-order valence-electron chi connectivity index (χ4n) is 1.61. The van der Waals surface area contributed by atoms with Crippen LogP contribution in [0.5, 0.6) is 0 Å². The van der Waals surface area contributed by atoms with E-state index in [1.807, 2.05) is 0 Å². The molecule has 21 heavy (non-hydrogen) atoms. The van der Waals surface area contributed by atoms with Crippen molar-refractivity contribution < 1.29 is 22.7 Å². The summed E-state index contributed by atoms with van der Waals surface area (Å²) in [5.74, 6) is -0.913. The van der Waals surface area contributed by atoms with Crippen LogP contribution in [0.2, 0.25) is 0 Å². The van der Waals surface area contributed by atoms with Gasteiger partial charge in [-0.1, -0.05) is 0 Å². The van der Waals surface area contributed by atoms with Crippen molar-refractivity contribution in [2.24, 2.45) is 11.1 Å². The average molecular weight is 312 g/mol. The van der Waals surface area contributed by atoms with E-state index >= 15 is 0 Å². The number of anilines is 1. The topological polar surface area (TPSA) is 116 Å². The van der Waals surface area contributed by atoms with Crippen LogP contribution in [0.15, 0.2) is 29.2 Å². The van der Waals surface area contributed by atoms with Gasteiger partial charge < -0.3 is 10.1 Å². The van der Waals surface area contributed by atoms with Crippen LogP contribution in [-0.4, -0.2) is 26.4 Å². The number of amides is 1. The van der Waals surface area contributed by atoms with Gasteiger partial charge in [0.05, 0.1) is 10.8 Å². The van der Waals surface area contributed by atoms with Gasteiger partial charge in [-0.2, -0.15) is 0 Å². The van der Waals surface area contributed by atoms with Crippen molar-refractivity contribution in [3.05, 3.63) is 24.3 Å². The molecule has 2 rings (SSSR count). The van der Waals surface area contributed by atoms with Crippen LogP contribution in [0.4, 0.5) is 5.69 Å². The molecule has 1 aromatic carbocycles. The molecule has 1 atom stereocenters. The Bertz CT molecular complexity index is 650. The number of rotatable bonds is 5. The second-order valence-electron chi connectivity index (χ2n) is 4.91. The van der Waals surface area contributed by atoms with Crippen LogP contribution in [-0.2, 0) is 24.3 Å². The fourth-order valence-corrected chi connectivity index (χ4v) is 2.13. The lowest BCUT2D eigenvalue weighted by atomic mass is 10.3. The Balaban J connectivity index is 1.94. The highest BCUT2D eigenvalue weighted by atomic mass is 32.2. The first-order chi connectivity index (χ1) is 9.77. The van der Waals surface area contributed by atoms with Crippen molar-refractivity contribution in [3.8, 4) is 0 Å². The van der Waals surface area contributed by atoms with Crippen molar-refractivity contribution in [2.75, 3.05) is 5.32 Å². The number of hydrogen-bond donors (Lipinski definition) is 2. The molecule has 0 aromatic heterocycles. The zero-order valence-corrected chi connectivity index (χ0v) is 12.2. The molecule has 1 amide bonds. The summed E-state index contributed by atoms with van der Waals surface area (Å²) >= 11 is 0. The van der Waals surface area contributed by atoms with E-state index in [0.717, 1.165) is 12.8 Å². The summed E-state index contributed by atoms with van der Waals surface area (Å²) in [5, 5.41) is 7.51. The largest absolute Gasteiger partial charge is 0.452 e. The fraction of sp³-hybridized carbons (Fsp3) is 0.385. The lowest BCUT2D eigenvalue weighted by Crippen LogP contribution is -2.30. The third kappa shape index (κ3) is 4.27. The summed E-state index contributed by atoms with van der Waals surface area (Å²) in [6.07, 6.45) is 0.709. The molecule has 1 aliphatic carbocycles. The number of nitrogens with one attached hydrogen (secondary N) is 1. The molecule has 1 aliphatic rings. The van der Waals surface area contributed by atoms with Crippen molar-refractivity contribution in [1.29, 1.82) is 0 Å². The Morgan fingerprint density at radius 3 is 2.33 bits per heavy atom. The molecular weight excluding hydrogens is 296 g/mol. The summed E-state index contributed by atoms with van der Waals surface area (Å²) in [7, 11) is -3.76. The molecule has 1 saturated carbocycles. The van der Waals surface area contributed by atoms with Crippen LogP contribution in [0.1, 0.15) is 19.8 Å². The van der Waals surface area contributed by atoms with Gasteiger partial charge in [-0.15, -0.1) is 0 Å². The number of primary sulfonamides is 1. The quantitative estimate of drug-likeness (QED) is 0.773. The van der Waals surface area contributed by atoms with Crippen LogP contribution in [0, 0.1) is 5.92 Å². The second kappa shape index (κ2) is 5.82. The lowest BCUT2D eigenvalue weighted by Gasteiger charge is -2.13. The van der Waals surface area contributed by atoms with E-state index in [0.29, 0.717) is 5.69 Å². The third-order valence-corrected chi connectivity index (χ3v) is 3.95. The summed E-state index contributed by atoms with van der Waals surface area (Å²) < 4.78 is 27.2. The van der Waals surface area contributed by atoms with Crippen LogP contribution >= 0.6 is 0 Å². The molecule has 0 spiro atoms. The predicted molar refractivity (Wildman–Crippen MR) is 74.7 cm³/mol. The minimum Gasteiger partial charge on any atom is -0.452 e. The number of nitrogens with two attached hydrogens (primary N) is 1. The van der Waals surface area contributed by atoms with Crippen molar-refractivity contribution >= 4 is 27.6 Å². The van der Waals surface area contributed by atoms with Gasteiger partial charge in [-0.25, -0.2) is 13.6 Å². The van der Waals surface area contributed by atoms with Gasteiger partial charge in [0.2, 0.25) is 10.0 Å². The van der Waals surface area contributed by atoms with E-state index in [1.165, 1.54) is 31.2 Å². The summed E-state index contributed by atoms with van der Waals surface area (Å²) in [4.78, 5) is 23.2. The third-order valence-electron chi connectivity index (χ3n) is 3.02. The SMILES string of the molecule is C[C@@H](OC(=O)C1CC1)C(=O)Nc1ccc(S(N)(=O)=O)cc1. The van der Waals surface area contributed by atoms with E-state index < -0.39 is 22.0 Å². The first-order valence-electron chi connectivity index (χ1n) is 6.41. The Morgan fingerprint density at radius 1 is 1.29 bits per heavy atom. The maximum Gasteiger partial charge on any atom is 0.309 e. The van der Waals surface area contributed by atoms with Crippen molar-refractivity contribution in [2.45, 2.75) is 30.8 Å². The molecule has 114 valence electrons. The molecule has 0 aliphatic heterocycles. The first-order valence-corrected chi connectivity index (χ1v) is 7.96. The summed E-state index contributed by atoms with van der Waals surface area (Å²) in [5.41, 5.74) is 0.390. The van der Waals surface area contributed by atoms with Crippen molar-refractivity contribution in [3.63, 3.8) is 0 Å². The smallest absolute Gasteiger partial charge is 0.309 e. The molecule has 7 nitrogen and oxygen atoms in total. The number of carbonyl (C=O) groups is 2. The molecule has 0 bridgehead atoms. The van der Waals surface area contributed by atoms with E-state index in [-0.39, 0.29) is 16.8 Å². The zero-order chi connectivity index (χ0) is 15.6. The van der Waals surface area contributed by atoms with Crippen LogP contribution < -0.4 is 10.5 Å². The molecular formula is C13H16N2O5S. The van der Waals surface area contributed by atoms with Gasteiger partial charge in [0.25, 0.3) is 5.91 Å². The highest BCUT2D eigenvalue weighted by Crippen LogP contribution is 2.30. The van der Waals surface area contributed by atoms with E-state index in [1.54, 1.807) is 0 Å². The lowest BCUT2D eigenvalue weighted by molar-refractivity contribution is -0.154. The zero-order valence-electron chi connectivity index (χ0n) is 11.4. The van der Waals surface area contributed by atoms with Crippen LogP contribution in [0.3, 0.4) is 0 Å². The molecule has 0 saturated heterocycles. The number of carbonyl (C=O) groups excluding carboxylic acids is 2. The second-order valence-corrected chi connectivity index (χ2v) is 6.47. The molecule has 0 heterocycles. The highest BCUT2D eigenvalue weighted by molar-refractivity contribution is 7.89. The number of benzene rings is 1. The van der Waals surface area contributed by atoms with Crippen molar-refractivity contribution in [1.82, 2.24) is 0 Å². The Hall–Kier alpha value is -1.93. The van der Waals surface area contributed by atoms with Gasteiger partial charge in [0.15, 0.2) is 6.10 Å². The highest BCUT2D eigenvalue weighted by Gasteiger charge is 2.33. The molecule has 3 N–H and O–H groups in total. The predicted octanol–water partition coefficient (Wildman–Crippen LogP) is 0.614. The molecule has 8 heteroatoms. The normalized spacial score (nSPS) is 16.1. The minimum atomic E-state index is -3.76. The standard InChI is InChI=1S/C13H16N2O5S/c1-8(20-13(17)9-2-3-9)12(16)15-10-4-6-11(7-5-10)21(14,18)19/h4-9H,2-3H2,1H3,(H,15,16)(H2,14,18,19)/t8-/m1/s1. The Kier molecular flexibility index (Phi) is 4.29. The monoisotopic (exact) mass is 312 g/mol. The van der Waals surface area contributed by atoms with Gasteiger partial charge >= 0.3 is 5.97 Å².